The molecule has 4 heteroatoms. The van der Waals surface area contributed by atoms with E-state index in [0.29, 0.717) is 0 Å². The Kier molecular flexibility index (Phi) is 4.12. The first kappa shape index (κ1) is 13.5. The topological polar surface area (TPSA) is 35.2 Å². The minimum atomic E-state index is -0.936. The molecule has 19 heavy (non-hydrogen) atoms. The Labute approximate surface area is 110 Å². The number of hydrogen-bond acceptors (Lipinski definition) is 2. The van der Waals surface area contributed by atoms with Gasteiger partial charge in [-0.1, -0.05) is 30.3 Å². The number of nitrogens with two attached hydrogens (primary N) is 1. The van der Waals surface area contributed by atoms with E-state index in [9.17, 15) is 8.78 Å². The second-order valence-electron chi connectivity index (χ2n) is 4.38. The summed E-state index contributed by atoms with van der Waals surface area (Å²) in [7, 11) is 0. The average molecular weight is 263 g/mol. The molecule has 2 N–H and O–H groups in total. The minimum Gasteiger partial charge on any atom is -0.484 e. The Hall–Kier alpha value is -1.94. The molecule has 0 aliphatic heterocycles. The van der Waals surface area contributed by atoms with Gasteiger partial charge in [0.15, 0.2) is 11.6 Å². The highest BCUT2D eigenvalue weighted by Crippen LogP contribution is 2.25. The van der Waals surface area contributed by atoms with E-state index in [4.69, 9.17) is 10.5 Å². The van der Waals surface area contributed by atoms with Crippen LogP contribution >= 0.6 is 0 Å². The van der Waals surface area contributed by atoms with Crippen LogP contribution in [0.3, 0.4) is 0 Å². The molecule has 2 aromatic carbocycles. The SMILES string of the molecule is CC(N)C(Oc1ccc(F)c(F)c1)c1ccccc1. The third-order valence-electron chi connectivity index (χ3n) is 2.76. The lowest BCUT2D eigenvalue weighted by Crippen LogP contribution is -2.29. The monoisotopic (exact) mass is 263 g/mol. The molecule has 0 radical (unpaired) electrons. The van der Waals surface area contributed by atoms with Crippen molar-refractivity contribution in [1.82, 2.24) is 0 Å². The first-order valence-electron chi connectivity index (χ1n) is 6.00. The molecule has 0 bridgehead atoms. The van der Waals surface area contributed by atoms with Crippen molar-refractivity contribution < 1.29 is 13.5 Å². The fourth-order valence-electron chi connectivity index (χ4n) is 1.82. The summed E-state index contributed by atoms with van der Waals surface area (Å²) in [5.41, 5.74) is 6.78. The van der Waals surface area contributed by atoms with Crippen LogP contribution in [-0.2, 0) is 0 Å². The van der Waals surface area contributed by atoms with Crippen LogP contribution in [0.2, 0.25) is 0 Å². The van der Waals surface area contributed by atoms with Crippen molar-refractivity contribution in [3.8, 4) is 5.75 Å². The van der Waals surface area contributed by atoms with Gasteiger partial charge in [0.05, 0.1) is 0 Å². The minimum absolute atomic E-state index is 0.255. The first-order chi connectivity index (χ1) is 9.08. The molecule has 0 aromatic heterocycles. The van der Waals surface area contributed by atoms with Crippen molar-refractivity contribution >= 4 is 0 Å². The summed E-state index contributed by atoms with van der Waals surface area (Å²) in [5.74, 6) is -1.58. The molecule has 0 saturated carbocycles. The third kappa shape index (κ3) is 3.29. The van der Waals surface area contributed by atoms with Gasteiger partial charge in [0.2, 0.25) is 0 Å². The van der Waals surface area contributed by atoms with Gasteiger partial charge in [-0.3, -0.25) is 0 Å². The highest BCUT2D eigenvalue weighted by atomic mass is 19.2. The lowest BCUT2D eigenvalue weighted by atomic mass is 10.0. The number of ether oxygens (including phenoxy) is 1. The van der Waals surface area contributed by atoms with E-state index in [-0.39, 0.29) is 11.8 Å². The van der Waals surface area contributed by atoms with Crippen molar-refractivity contribution in [2.75, 3.05) is 0 Å². The lowest BCUT2D eigenvalue weighted by Gasteiger charge is -2.23. The fourth-order valence-corrected chi connectivity index (χ4v) is 1.82. The van der Waals surface area contributed by atoms with E-state index in [1.807, 2.05) is 30.3 Å². The number of benzene rings is 2. The van der Waals surface area contributed by atoms with Crippen LogP contribution in [0.4, 0.5) is 8.78 Å². The normalized spacial score (nSPS) is 13.9. The van der Waals surface area contributed by atoms with Crippen LogP contribution in [0.25, 0.3) is 0 Å². The Balaban J connectivity index is 2.24. The maximum absolute atomic E-state index is 13.1. The molecule has 0 aliphatic carbocycles. The maximum Gasteiger partial charge on any atom is 0.162 e. The van der Waals surface area contributed by atoms with Crippen LogP contribution in [0, 0.1) is 11.6 Å². The van der Waals surface area contributed by atoms with Crippen molar-refractivity contribution in [2.24, 2.45) is 5.73 Å². The van der Waals surface area contributed by atoms with Gasteiger partial charge < -0.3 is 10.5 Å². The van der Waals surface area contributed by atoms with Crippen molar-refractivity contribution in [3.05, 3.63) is 65.7 Å². The number of rotatable bonds is 4. The number of halogens is 2. The van der Waals surface area contributed by atoms with Gasteiger partial charge in [-0.05, 0) is 24.6 Å². The maximum atomic E-state index is 13.1. The molecule has 0 spiro atoms. The summed E-state index contributed by atoms with van der Waals surface area (Å²) in [6.45, 7) is 1.80. The Bertz CT molecular complexity index is 543. The molecule has 2 unspecified atom stereocenters. The van der Waals surface area contributed by atoms with Gasteiger partial charge in [-0.25, -0.2) is 8.78 Å². The average Bonchev–Trinajstić information content (AvgIpc) is 2.40. The molecule has 2 aromatic rings. The van der Waals surface area contributed by atoms with E-state index in [2.05, 4.69) is 0 Å². The van der Waals surface area contributed by atoms with Crippen molar-refractivity contribution in [1.29, 1.82) is 0 Å². The van der Waals surface area contributed by atoms with Crippen LogP contribution in [-0.4, -0.2) is 6.04 Å². The predicted octanol–water partition coefficient (Wildman–Crippen LogP) is 3.43. The summed E-state index contributed by atoms with van der Waals surface area (Å²) < 4.78 is 31.7. The van der Waals surface area contributed by atoms with E-state index < -0.39 is 17.7 Å². The van der Waals surface area contributed by atoms with Gasteiger partial charge in [0.25, 0.3) is 0 Å². The molecular weight excluding hydrogens is 248 g/mol. The zero-order chi connectivity index (χ0) is 13.8. The van der Waals surface area contributed by atoms with Crippen molar-refractivity contribution in [3.63, 3.8) is 0 Å². The van der Waals surface area contributed by atoms with Gasteiger partial charge in [0, 0.05) is 12.1 Å². The molecule has 0 amide bonds. The van der Waals surface area contributed by atoms with E-state index >= 15 is 0 Å². The number of hydrogen-bond donors (Lipinski definition) is 1. The summed E-state index contributed by atoms with van der Waals surface area (Å²) in [6.07, 6.45) is -0.411. The van der Waals surface area contributed by atoms with E-state index in [1.54, 1.807) is 6.92 Å². The van der Waals surface area contributed by atoms with Gasteiger partial charge >= 0.3 is 0 Å². The quantitative estimate of drug-likeness (QED) is 0.917. The summed E-state index contributed by atoms with van der Waals surface area (Å²) in [6, 6.07) is 12.6. The Morgan fingerprint density at radius 3 is 2.26 bits per heavy atom. The molecule has 0 heterocycles. The molecule has 100 valence electrons. The Morgan fingerprint density at radius 2 is 1.68 bits per heavy atom. The fraction of sp³-hybridized carbons (Fsp3) is 0.200. The molecule has 0 fully saturated rings. The molecular formula is C15H15F2NO. The molecule has 2 atom stereocenters. The zero-order valence-electron chi connectivity index (χ0n) is 10.5. The van der Waals surface area contributed by atoms with Crippen LogP contribution < -0.4 is 10.5 Å². The van der Waals surface area contributed by atoms with Crippen LogP contribution in [0.1, 0.15) is 18.6 Å². The smallest absolute Gasteiger partial charge is 0.162 e. The summed E-state index contributed by atoms with van der Waals surface area (Å²) >= 11 is 0. The van der Waals surface area contributed by atoms with E-state index in [1.165, 1.54) is 6.07 Å². The highest BCUT2D eigenvalue weighted by Gasteiger charge is 2.18. The zero-order valence-corrected chi connectivity index (χ0v) is 10.5. The molecule has 0 saturated heterocycles. The second kappa shape index (κ2) is 5.80. The summed E-state index contributed by atoms with van der Waals surface area (Å²) in [4.78, 5) is 0. The second-order valence-corrected chi connectivity index (χ2v) is 4.38. The first-order valence-corrected chi connectivity index (χ1v) is 6.00. The van der Waals surface area contributed by atoms with Crippen molar-refractivity contribution in [2.45, 2.75) is 19.1 Å². The van der Waals surface area contributed by atoms with Gasteiger partial charge in [0.1, 0.15) is 11.9 Å². The van der Waals surface area contributed by atoms with Gasteiger partial charge in [-0.15, -0.1) is 0 Å². The van der Waals surface area contributed by atoms with Gasteiger partial charge in [-0.2, -0.15) is 0 Å². The highest BCUT2D eigenvalue weighted by molar-refractivity contribution is 5.26. The lowest BCUT2D eigenvalue weighted by molar-refractivity contribution is 0.179. The molecule has 2 nitrogen and oxygen atoms in total. The Morgan fingerprint density at radius 1 is 1.00 bits per heavy atom. The van der Waals surface area contributed by atoms with Crippen LogP contribution in [0.15, 0.2) is 48.5 Å². The molecule has 0 aliphatic rings. The largest absolute Gasteiger partial charge is 0.484 e. The molecule has 2 rings (SSSR count). The standard InChI is InChI=1S/C15H15F2NO/c1-10(18)15(11-5-3-2-4-6-11)19-12-7-8-13(16)14(17)9-12/h2-10,15H,18H2,1H3. The predicted molar refractivity (Wildman–Crippen MR) is 69.8 cm³/mol. The van der Waals surface area contributed by atoms with Crippen LogP contribution in [0.5, 0.6) is 5.75 Å². The third-order valence-corrected chi connectivity index (χ3v) is 2.76. The summed E-state index contributed by atoms with van der Waals surface area (Å²) in [5, 5.41) is 0. The van der Waals surface area contributed by atoms with E-state index in [0.717, 1.165) is 17.7 Å².